The van der Waals surface area contributed by atoms with Gasteiger partial charge in [-0.05, 0) is 54.4 Å². The molecule has 2 aromatic carbocycles. The highest BCUT2D eigenvalue weighted by molar-refractivity contribution is 6.30. The van der Waals surface area contributed by atoms with E-state index in [4.69, 9.17) is 20.8 Å². The number of ether oxygens (including phenoxy) is 1. The molecule has 0 aliphatic rings. The van der Waals surface area contributed by atoms with Gasteiger partial charge in [0.25, 0.3) is 0 Å². The van der Waals surface area contributed by atoms with Crippen LogP contribution >= 0.6 is 11.6 Å². The van der Waals surface area contributed by atoms with Gasteiger partial charge in [-0.1, -0.05) is 63.6 Å². The van der Waals surface area contributed by atoms with Crippen LogP contribution in [0.15, 0.2) is 52.9 Å². The van der Waals surface area contributed by atoms with Crippen molar-refractivity contribution in [3.63, 3.8) is 0 Å². The van der Waals surface area contributed by atoms with Crippen LogP contribution in [0.25, 0.3) is 0 Å². The summed E-state index contributed by atoms with van der Waals surface area (Å²) >= 11 is 5.91. The summed E-state index contributed by atoms with van der Waals surface area (Å²) in [5.74, 6) is 1.84. The van der Waals surface area contributed by atoms with Gasteiger partial charge in [-0.2, -0.15) is 10.2 Å². The molecule has 0 spiro atoms. The number of nitrogens with zero attached hydrogens (tertiary/aromatic N) is 3. The van der Waals surface area contributed by atoms with E-state index in [0.717, 1.165) is 13.1 Å². The van der Waals surface area contributed by atoms with E-state index in [1.54, 1.807) is 24.3 Å². The van der Waals surface area contributed by atoms with E-state index in [-0.39, 0.29) is 18.3 Å². The number of anilines is 1. The summed E-state index contributed by atoms with van der Waals surface area (Å²) in [5.41, 5.74) is 2.76. The molecule has 0 amide bonds. The molecule has 3 aromatic rings. The molecule has 6 nitrogen and oxygen atoms in total. The van der Waals surface area contributed by atoms with E-state index in [2.05, 4.69) is 73.2 Å². The highest BCUT2D eigenvalue weighted by atomic mass is 35.5. The Labute approximate surface area is 201 Å². The summed E-state index contributed by atoms with van der Waals surface area (Å²) in [6, 6.07) is 18.1. The molecule has 33 heavy (non-hydrogen) atoms. The first-order chi connectivity index (χ1) is 15.9. The molecule has 174 valence electrons. The smallest absolute Gasteiger partial charge is 0.236 e. The zero-order valence-electron chi connectivity index (χ0n) is 19.6. The van der Waals surface area contributed by atoms with Crippen molar-refractivity contribution in [2.45, 2.75) is 46.3 Å². The molecular formula is C26H31ClN4O2. The third-order valence-electron chi connectivity index (χ3n) is 5.65. The van der Waals surface area contributed by atoms with Crippen LogP contribution in [-0.2, 0) is 6.61 Å². The zero-order chi connectivity index (χ0) is 23.8. The fourth-order valence-electron chi connectivity index (χ4n) is 3.71. The van der Waals surface area contributed by atoms with Gasteiger partial charge in [-0.15, -0.1) is 0 Å². The van der Waals surface area contributed by atoms with E-state index < -0.39 is 0 Å². The zero-order valence-corrected chi connectivity index (χ0v) is 20.4. The number of halogens is 1. The van der Waals surface area contributed by atoms with Crippen LogP contribution in [0.1, 0.15) is 62.4 Å². The lowest BCUT2D eigenvalue weighted by Crippen LogP contribution is -2.33. The van der Waals surface area contributed by atoms with Gasteiger partial charge in [-0.3, -0.25) is 4.90 Å². The van der Waals surface area contributed by atoms with Crippen LogP contribution in [0.3, 0.4) is 0 Å². The van der Waals surface area contributed by atoms with Crippen molar-refractivity contribution in [2.75, 3.05) is 25.0 Å². The summed E-state index contributed by atoms with van der Waals surface area (Å²) in [5, 5.41) is 13.5. The Balaban J connectivity index is 1.72. The molecule has 7 heteroatoms. The molecule has 0 saturated carbocycles. The molecule has 1 heterocycles. The summed E-state index contributed by atoms with van der Waals surface area (Å²) in [6.45, 7) is 11.2. The Morgan fingerprint density at radius 1 is 1.06 bits per heavy atom. The number of benzene rings is 2. The number of rotatable bonds is 11. The number of hydrogen-bond acceptors (Lipinski definition) is 6. The normalized spacial score (nSPS) is 12.1. The molecule has 0 saturated heterocycles. The number of aromatic nitrogens is 1. The van der Waals surface area contributed by atoms with E-state index in [0.29, 0.717) is 35.0 Å². The van der Waals surface area contributed by atoms with Crippen LogP contribution in [0.4, 0.5) is 5.88 Å². The van der Waals surface area contributed by atoms with Gasteiger partial charge >= 0.3 is 0 Å². The highest BCUT2D eigenvalue weighted by Gasteiger charge is 2.21. The van der Waals surface area contributed by atoms with E-state index >= 15 is 0 Å². The van der Waals surface area contributed by atoms with Crippen LogP contribution in [0, 0.1) is 11.3 Å². The standard InChI is InChI=1S/C26H31ClN4O2/c1-5-31(6-2)24(20-9-7-19(8-10-20)18(3)4)16-29-26-23(15-28)30-25(33-26)17-32-22-13-11-21(27)12-14-22/h7-14,18,24,29H,5-6,16-17H2,1-4H3. The Kier molecular flexibility index (Phi) is 8.76. The molecular weight excluding hydrogens is 436 g/mol. The predicted octanol–water partition coefficient (Wildman–Crippen LogP) is 6.40. The lowest BCUT2D eigenvalue weighted by molar-refractivity contribution is 0.227. The number of hydrogen-bond donors (Lipinski definition) is 1. The van der Waals surface area contributed by atoms with Crippen LogP contribution in [-0.4, -0.2) is 29.5 Å². The first-order valence-electron chi connectivity index (χ1n) is 11.3. The number of likely N-dealkylation sites (N-methyl/N-ethyl adjacent to an activating group) is 1. The van der Waals surface area contributed by atoms with Crippen LogP contribution in [0.5, 0.6) is 5.75 Å². The van der Waals surface area contributed by atoms with Gasteiger partial charge in [0, 0.05) is 11.6 Å². The maximum atomic E-state index is 9.54. The molecule has 0 radical (unpaired) electrons. The lowest BCUT2D eigenvalue weighted by atomic mass is 9.98. The topological polar surface area (TPSA) is 74.3 Å². The van der Waals surface area contributed by atoms with Gasteiger partial charge in [0.1, 0.15) is 11.8 Å². The molecule has 0 aliphatic heterocycles. The molecule has 0 aliphatic carbocycles. The SMILES string of the molecule is CCN(CC)C(CNc1oc(COc2ccc(Cl)cc2)nc1C#N)c1ccc(C(C)C)cc1. The van der Waals surface area contributed by atoms with Crippen molar-refractivity contribution >= 4 is 17.5 Å². The van der Waals surface area contributed by atoms with Crippen molar-refractivity contribution in [3.05, 3.63) is 76.3 Å². The first-order valence-corrected chi connectivity index (χ1v) is 11.7. The third-order valence-corrected chi connectivity index (χ3v) is 5.90. The Morgan fingerprint density at radius 3 is 2.27 bits per heavy atom. The molecule has 0 bridgehead atoms. The summed E-state index contributed by atoms with van der Waals surface area (Å²) in [6.07, 6.45) is 0. The van der Waals surface area contributed by atoms with E-state index in [9.17, 15) is 5.26 Å². The van der Waals surface area contributed by atoms with Crippen LogP contribution in [0.2, 0.25) is 5.02 Å². The van der Waals surface area contributed by atoms with Gasteiger partial charge in [-0.25, -0.2) is 0 Å². The van der Waals surface area contributed by atoms with Crippen molar-refractivity contribution in [1.29, 1.82) is 5.26 Å². The minimum Gasteiger partial charge on any atom is -0.484 e. The fraction of sp³-hybridized carbons (Fsp3) is 0.385. The van der Waals surface area contributed by atoms with Gasteiger partial charge < -0.3 is 14.5 Å². The summed E-state index contributed by atoms with van der Waals surface area (Å²) < 4.78 is 11.5. The monoisotopic (exact) mass is 466 g/mol. The number of nitrogens with one attached hydrogen (secondary N) is 1. The molecule has 1 unspecified atom stereocenters. The van der Waals surface area contributed by atoms with Crippen molar-refractivity contribution in [2.24, 2.45) is 0 Å². The van der Waals surface area contributed by atoms with Crippen molar-refractivity contribution < 1.29 is 9.15 Å². The molecule has 1 N–H and O–H groups in total. The molecule has 0 fully saturated rings. The molecule has 1 aromatic heterocycles. The molecule has 3 rings (SSSR count). The second-order valence-electron chi connectivity index (χ2n) is 8.08. The Bertz CT molecular complexity index is 1050. The Hall–Kier alpha value is -3.01. The fourth-order valence-corrected chi connectivity index (χ4v) is 3.84. The largest absolute Gasteiger partial charge is 0.484 e. The number of nitriles is 1. The summed E-state index contributed by atoms with van der Waals surface area (Å²) in [7, 11) is 0. The maximum absolute atomic E-state index is 9.54. The van der Waals surface area contributed by atoms with E-state index in [1.165, 1.54) is 11.1 Å². The van der Waals surface area contributed by atoms with Gasteiger partial charge in [0.2, 0.25) is 17.5 Å². The predicted molar refractivity (Wildman–Crippen MR) is 132 cm³/mol. The average Bonchev–Trinajstić information content (AvgIpc) is 3.23. The van der Waals surface area contributed by atoms with Gasteiger partial charge in [0.05, 0.1) is 6.04 Å². The lowest BCUT2D eigenvalue weighted by Gasteiger charge is -2.30. The van der Waals surface area contributed by atoms with Crippen molar-refractivity contribution in [3.8, 4) is 11.8 Å². The second-order valence-corrected chi connectivity index (χ2v) is 8.52. The average molecular weight is 467 g/mol. The quantitative estimate of drug-likeness (QED) is 0.352. The highest BCUT2D eigenvalue weighted by Crippen LogP contribution is 2.26. The second kappa shape index (κ2) is 11.7. The first kappa shape index (κ1) is 24.6. The number of oxazole rings is 1. The minimum absolute atomic E-state index is 0.119. The third kappa shape index (κ3) is 6.50. The summed E-state index contributed by atoms with van der Waals surface area (Å²) in [4.78, 5) is 6.65. The minimum atomic E-state index is 0.119. The van der Waals surface area contributed by atoms with Gasteiger partial charge in [0.15, 0.2) is 6.61 Å². The van der Waals surface area contributed by atoms with Crippen molar-refractivity contribution in [1.82, 2.24) is 9.88 Å². The van der Waals surface area contributed by atoms with Crippen LogP contribution < -0.4 is 10.1 Å². The maximum Gasteiger partial charge on any atom is 0.236 e. The van der Waals surface area contributed by atoms with E-state index in [1.807, 2.05) is 0 Å². The molecule has 1 atom stereocenters. The Morgan fingerprint density at radius 2 is 1.70 bits per heavy atom.